The zero-order chi connectivity index (χ0) is 11.8. The summed E-state index contributed by atoms with van der Waals surface area (Å²) in [7, 11) is 0. The molecule has 0 radical (unpaired) electrons. The fourth-order valence-corrected chi connectivity index (χ4v) is 1.39. The number of nitrogens with zero attached hydrogens (tertiary/aromatic N) is 1. The number of hydrogen-bond acceptors (Lipinski definition) is 2. The van der Waals surface area contributed by atoms with E-state index in [0.29, 0.717) is 25.2 Å². The number of carbonyl (C=O) groups is 1. The summed E-state index contributed by atoms with van der Waals surface area (Å²) in [5.41, 5.74) is 1.76. The van der Waals surface area contributed by atoms with Gasteiger partial charge in [-0.15, -0.1) is 12.8 Å². The molecule has 0 saturated heterocycles. The van der Waals surface area contributed by atoms with E-state index in [4.69, 9.17) is 12.8 Å². The van der Waals surface area contributed by atoms with Crippen LogP contribution in [0.1, 0.15) is 15.9 Å². The summed E-state index contributed by atoms with van der Waals surface area (Å²) >= 11 is 0. The lowest BCUT2D eigenvalue weighted by molar-refractivity contribution is 0.112. The first-order chi connectivity index (χ1) is 7.80. The highest BCUT2D eigenvalue weighted by atomic mass is 16.1. The lowest BCUT2D eigenvalue weighted by Gasteiger charge is -2.16. The van der Waals surface area contributed by atoms with Crippen molar-refractivity contribution in [3.63, 3.8) is 0 Å². The van der Waals surface area contributed by atoms with Gasteiger partial charge in [0.25, 0.3) is 0 Å². The fourth-order valence-electron chi connectivity index (χ4n) is 1.39. The number of rotatable bonds is 5. The fraction of sp³-hybridized carbons (Fsp3) is 0.214. The first kappa shape index (κ1) is 12.0. The molecule has 0 aliphatic carbocycles. The molecule has 0 unspecified atom stereocenters. The van der Waals surface area contributed by atoms with E-state index in [1.54, 1.807) is 12.1 Å². The Bertz CT molecular complexity index is 404. The van der Waals surface area contributed by atoms with E-state index >= 15 is 0 Å². The van der Waals surface area contributed by atoms with E-state index in [0.717, 1.165) is 11.8 Å². The molecule has 0 saturated carbocycles. The molecule has 2 heteroatoms. The molecule has 0 aliphatic rings. The predicted molar refractivity (Wildman–Crippen MR) is 64.8 cm³/mol. The van der Waals surface area contributed by atoms with Gasteiger partial charge in [0.15, 0.2) is 0 Å². The normalized spacial score (nSPS) is 9.44. The Balaban J connectivity index is 2.66. The third-order valence-corrected chi connectivity index (χ3v) is 2.15. The summed E-state index contributed by atoms with van der Waals surface area (Å²) in [5, 5.41) is 0. The Hall–Kier alpha value is -2.03. The Morgan fingerprint density at radius 1 is 1.12 bits per heavy atom. The van der Waals surface area contributed by atoms with Crippen LogP contribution in [0.2, 0.25) is 0 Å². The second kappa shape index (κ2) is 6.45. The number of carbonyl (C=O) groups excluding carboxylic acids is 1. The molecule has 80 valence electrons. The molecular formula is C14H13NO. The van der Waals surface area contributed by atoms with E-state index in [9.17, 15) is 4.79 Å². The van der Waals surface area contributed by atoms with E-state index in [1.807, 2.05) is 17.0 Å². The van der Waals surface area contributed by atoms with Crippen molar-refractivity contribution in [2.24, 2.45) is 0 Å². The Kier molecular flexibility index (Phi) is 4.86. The van der Waals surface area contributed by atoms with Crippen LogP contribution in [0.4, 0.5) is 0 Å². The van der Waals surface area contributed by atoms with Crippen molar-refractivity contribution in [2.75, 3.05) is 13.1 Å². The number of benzene rings is 1. The van der Waals surface area contributed by atoms with E-state index < -0.39 is 0 Å². The molecule has 2 nitrogen and oxygen atoms in total. The maximum Gasteiger partial charge on any atom is 0.150 e. The summed E-state index contributed by atoms with van der Waals surface area (Å²) in [6.07, 6.45) is 11.3. The molecule has 0 aromatic heterocycles. The molecular weight excluding hydrogens is 198 g/mol. The topological polar surface area (TPSA) is 20.3 Å². The van der Waals surface area contributed by atoms with Crippen molar-refractivity contribution in [1.82, 2.24) is 4.90 Å². The third-order valence-electron chi connectivity index (χ3n) is 2.15. The molecule has 0 atom stereocenters. The molecule has 0 fully saturated rings. The van der Waals surface area contributed by atoms with Gasteiger partial charge in [-0.1, -0.05) is 36.1 Å². The summed E-state index contributed by atoms with van der Waals surface area (Å²) in [6.45, 7) is 1.76. The van der Waals surface area contributed by atoms with Crippen LogP contribution in [0.3, 0.4) is 0 Å². The van der Waals surface area contributed by atoms with Crippen LogP contribution in [0.15, 0.2) is 24.3 Å². The van der Waals surface area contributed by atoms with E-state index in [-0.39, 0.29) is 0 Å². The number of aldehydes is 1. The summed E-state index contributed by atoms with van der Waals surface area (Å²) in [4.78, 5) is 12.5. The van der Waals surface area contributed by atoms with Crippen molar-refractivity contribution >= 4 is 6.29 Å². The van der Waals surface area contributed by atoms with Gasteiger partial charge in [0.1, 0.15) is 6.29 Å². The first-order valence-corrected chi connectivity index (χ1v) is 4.93. The smallest absolute Gasteiger partial charge is 0.150 e. The van der Waals surface area contributed by atoms with Crippen molar-refractivity contribution in [3.8, 4) is 24.7 Å². The zero-order valence-electron chi connectivity index (χ0n) is 9.02. The second-order valence-corrected chi connectivity index (χ2v) is 3.41. The zero-order valence-corrected chi connectivity index (χ0v) is 9.02. The van der Waals surface area contributed by atoms with Crippen molar-refractivity contribution in [3.05, 3.63) is 35.4 Å². The predicted octanol–water partition coefficient (Wildman–Crippen LogP) is 1.57. The van der Waals surface area contributed by atoms with E-state index in [1.165, 1.54) is 0 Å². The average molecular weight is 211 g/mol. The van der Waals surface area contributed by atoms with Gasteiger partial charge in [-0.05, 0) is 5.56 Å². The molecule has 1 rings (SSSR count). The van der Waals surface area contributed by atoms with Crippen LogP contribution < -0.4 is 0 Å². The molecule has 0 N–H and O–H groups in total. The monoisotopic (exact) mass is 211 g/mol. The van der Waals surface area contributed by atoms with Crippen LogP contribution in [-0.2, 0) is 6.54 Å². The number of hydrogen-bond donors (Lipinski definition) is 0. The Morgan fingerprint density at radius 2 is 1.69 bits per heavy atom. The van der Waals surface area contributed by atoms with Gasteiger partial charge in [0.05, 0.1) is 13.1 Å². The summed E-state index contributed by atoms with van der Waals surface area (Å²) in [5.74, 6) is 5.14. The maximum absolute atomic E-state index is 10.5. The van der Waals surface area contributed by atoms with Crippen molar-refractivity contribution in [1.29, 1.82) is 0 Å². The quantitative estimate of drug-likeness (QED) is 0.544. The average Bonchev–Trinajstić information content (AvgIpc) is 2.31. The van der Waals surface area contributed by atoms with Gasteiger partial charge in [-0.2, -0.15) is 0 Å². The largest absolute Gasteiger partial charge is 0.298 e. The molecule has 0 aliphatic heterocycles. The Morgan fingerprint density at radius 3 is 2.12 bits per heavy atom. The molecule has 1 aromatic rings. The third kappa shape index (κ3) is 3.61. The SMILES string of the molecule is C#CCN(CC#C)Cc1ccc(C=O)cc1. The molecule has 16 heavy (non-hydrogen) atoms. The van der Waals surface area contributed by atoms with Crippen LogP contribution in [-0.4, -0.2) is 24.3 Å². The highest BCUT2D eigenvalue weighted by Gasteiger charge is 2.02. The summed E-state index contributed by atoms with van der Waals surface area (Å²) < 4.78 is 0. The maximum atomic E-state index is 10.5. The lowest BCUT2D eigenvalue weighted by atomic mass is 10.1. The highest BCUT2D eigenvalue weighted by Crippen LogP contribution is 2.06. The van der Waals surface area contributed by atoms with Crippen molar-refractivity contribution < 1.29 is 4.79 Å². The van der Waals surface area contributed by atoms with Crippen LogP contribution >= 0.6 is 0 Å². The van der Waals surface area contributed by atoms with Gasteiger partial charge in [-0.25, -0.2) is 0 Å². The second-order valence-electron chi connectivity index (χ2n) is 3.41. The summed E-state index contributed by atoms with van der Waals surface area (Å²) in [6, 6.07) is 7.38. The first-order valence-electron chi connectivity index (χ1n) is 4.93. The molecule has 0 heterocycles. The van der Waals surface area contributed by atoms with Gasteiger partial charge >= 0.3 is 0 Å². The van der Waals surface area contributed by atoms with Gasteiger partial charge < -0.3 is 0 Å². The lowest BCUT2D eigenvalue weighted by Crippen LogP contribution is -2.23. The van der Waals surface area contributed by atoms with Gasteiger partial charge in [-0.3, -0.25) is 9.69 Å². The van der Waals surface area contributed by atoms with Crippen LogP contribution in [0.5, 0.6) is 0 Å². The molecule has 0 spiro atoms. The molecule has 0 bridgehead atoms. The van der Waals surface area contributed by atoms with E-state index in [2.05, 4.69) is 11.8 Å². The van der Waals surface area contributed by atoms with Crippen LogP contribution in [0, 0.1) is 24.7 Å². The Labute approximate surface area is 96.3 Å². The molecule has 0 amide bonds. The minimum atomic E-state index is 0.527. The minimum Gasteiger partial charge on any atom is -0.298 e. The van der Waals surface area contributed by atoms with Crippen molar-refractivity contribution in [2.45, 2.75) is 6.54 Å². The van der Waals surface area contributed by atoms with Crippen LogP contribution in [0.25, 0.3) is 0 Å². The number of terminal acetylenes is 2. The highest BCUT2D eigenvalue weighted by molar-refractivity contribution is 5.74. The van der Waals surface area contributed by atoms with Gasteiger partial charge in [0, 0.05) is 12.1 Å². The minimum absolute atomic E-state index is 0.527. The molecule has 1 aromatic carbocycles. The standard InChI is InChI=1S/C14H13NO/c1-3-9-15(10-4-2)11-13-5-7-14(12-16)8-6-13/h1-2,5-8,12H,9-11H2. The van der Waals surface area contributed by atoms with Gasteiger partial charge in [0.2, 0.25) is 0 Å².